The van der Waals surface area contributed by atoms with Gasteiger partial charge >= 0.3 is 0 Å². The van der Waals surface area contributed by atoms with Crippen LogP contribution < -0.4 is 5.32 Å². The summed E-state index contributed by atoms with van der Waals surface area (Å²) in [5, 5.41) is 3.16. The Bertz CT molecular complexity index is 786. The van der Waals surface area contributed by atoms with E-state index >= 15 is 0 Å². The van der Waals surface area contributed by atoms with E-state index in [0.29, 0.717) is 17.3 Å². The Morgan fingerprint density at radius 1 is 1.19 bits per heavy atom. The lowest BCUT2D eigenvalue weighted by Gasteiger charge is -2.28. The maximum Gasteiger partial charge on any atom is 0.242 e. The zero-order valence-corrected chi connectivity index (χ0v) is 16.8. The van der Waals surface area contributed by atoms with Gasteiger partial charge in [0, 0.05) is 24.4 Å². The number of thioether (sulfide) groups is 1. The summed E-state index contributed by atoms with van der Waals surface area (Å²) < 4.78 is 13.0. The van der Waals surface area contributed by atoms with Crippen LogP contribution in [0.2, 0.25) is 5.02 Å². The van der Waals surface area contributed by atoms with E-state index in [2.05, 4.69) is 5.32 Å². The molecule has 144 valence electrons. The lowest BCUT2D eigenvalue weighted by molar-refractivity contribution is -0.138. The van der Waals surface area contributed by atoms with Crippen LogP contribution >= 0.6 is 23.4 Å². The van der Waals surface area contributed by atoms with Crippen molar-refractivity contribution < 1.29 is 14.0 Å². The van der Waals surface area contributed by atoms with Gasteiger partial charge in [-0.2, -0.15) is 0 Å². The quantitative estimate of drug-likeness (QED) is 0.721. The molecule has 2 aromatic rings. The fraction of sp³-hybridized carbons (Fsp3) is 0.300. The monoisotopic (exact) mass is 408 g/mol. The number of rotatable bonds is 8. The minimum absolute atomic E-state index is 0.141. The molecule has 1 atom stereocenters. The van der Waals surface area contributed by atoms with Gasteiger partial charge in [0.2, 0.25) is 11.8 Å². The fourth-order valence-electron chi connectivity index (χ4n) is 2.54. The minimum Gasteiger partial charge on any atom is -0.357 e. The molecule has 7 heteroatoms. The average Bonchev–Trinajstić information content (AvgIpc) is 2.66. The molecule has 0 heterocycles. The summed E-state index contributed by atoms with van der Waals surface area (Å²) in [6.45, 7) is 2.00. The summed E-state index contributed by atoms with van der Waals surface area (Å²) in [6, 6.07) is 12.8. The summed E-state index contributed by atoms with van der Waals surface area (Å²) in [6.07, 6.45) is 0. The fourth-order valence-corrected chi connectivity index (χ4v) is 3.63. The molecule has 0 aliphatic carbocycles. The first-order valence-corrected chi connectivity index (χ1v) is 10.0. The summed E-state index contributed by atoms with van der Waals surface area (Å²) in [7, 11) is 1.55. The van der Waals surface area contributed by atoms with Crippen molar-refractivity contribution in [2.75, 3.05) is 12.8 Å². The van der Waals surface area contributed by atoms with E-state index in [9.17, 15) is 14.0 Å². The maximum atomic E-state index is 13.0. The molecule has 0 aliphatic rings. The van der Waals surface area contributed by atoms with E-state index in [1.165, 1.54) is 23.9 Å². The van der Waals surface area contributed by atoms with Crippen LogP contribution in [0.5, 0.6) is 0 Å². The Morgan fingerprint density at radius 3 is 2.52 bits per heavy atom. The minimum atomic E-state index is -0.604. The molecule has 4 nitrogen and oxygen atoms in total. The maximum absolute atomic E-state index is 13.0. The van der Waals surface area contributed by atoms with Crippen molar-refractivity contribution in [2.45, 2.75) is 25.3 Å². The van der Waals surface area contributed by atoms with Crippen molar-refractivity contribution in [1.29, 1.82) is 0 Å². The van der Waals surface area contributed by atoms with Crippen LogP contribution in [0.3, 0.4) is 0 Å². The SMILES string of the molecule is CNC(=O)[C@@H](C)N(Cc1cccc(Cl)c1)C(=O)CSCc1ccc(F)cc1. The summed E-state index contributed by atoms with van der Waals surface area (Å²) in [5.74, 6) is 0.156. The number of benzene rings is 2. The van der Waals surface area contributed by atoms with Gasteiger partial charge in [-0.05, 0) is 42.3 Å². The van der Waals surface area contributed by atoms with Crippen LogP contribution in [0.15, 0.2) is 48.5 Å². The predicted molar refractivity (Wildman–Crippen MR) is 108 cm³/mol. The first-order valence-electron chi connectivity index (χ1n) is 8.48. The van der Waals surface area contributed by atoms with Crippen molar-refractivity contribution in [1.82, 2.24) is 10.2 Å². The Balaban J connectivity index is 2.03. The largest absolute Gasteiger partial charge is 0.357 e. The van der Waals surface area contributed by atoms with Gasteiger partial charge in [0.25, 0.3) is 0 Å². The smallest absolute Gasteiger partial charge is 0.242 e. The van der Waals surface area contributed by atoms with E-state index in [-0.39, 0.29) is 23.4 Å². The van der Waals surface area contributed by atoms with Crippen LogP contribution in [0.25, 0.3) is 0 Å². The highest BCUT2D eigenvalue weighted by Gasteiger charge is 2.25. The van der Waals surface area contributed by atoms with Crippen molar-refractivity contribution in [3.05, 3.63) is 70.5 Å². The number of likely N-dealkylation sites (N-methyl/N-ethyl adjacent to an activating group) is 1. The Hall–Kier alpha value is -2.05. The highest BCUT2D eigenvalue weighted by Crippen LogP contribution is 2.18. The van der Waals surface area contributed by atoms with Gasteiger partial charge in [0.05, 0.1) is 5.75 Å². The summed E-state index contributed by atoms with van der Waals surface area (Å²) in [5.41, 5.74) is 1.80. The van der Waals surface area contributed by atoms with Gasteiger partial charge in [-0.15, -0.1) is 11.8 Å². The van der Waals surface area contributed by atoms with Gasteiger partial charge in [0.1, 0.15) is 11.9 Å². The highest BCUT2D eigenvalue weighted by atomic mass is 35.5. The zero-order valence-electron chi connectivity index (χ0n) is 15.2. The lowest BCUT2D eigenvalue weighted by atomic mass is 10.1. The van der Waals surface area contributed by atoms with E-state index in [4.69, 9.17) is 11.6 Å². The Labute approximate surface area is 168 Å². The Kier molecular flexibility index (Phi) is 8.13. The van der Waals surface area contributed by atoms with E-state index < -0.39 is 6.04 Å². The number of halogens is 2. The topological polar surface area (TPSA) is 49.4 Å². The third-order valence-electron chi connectivity index (χ3n) is 4.06. The van der Waals surface area contributed by atoms with Crippen molar-refractivity contribution in [3.8, 4) is 0 Å². The molecule has 27 heavy (non-hydrogen) atoms. The average molecular weight is 409 g/mol. The molecule has 0 radical (unpaired) electrons. The number of amides is 2. The second kappa shape index (κ2) is 10.3. The number of nitrogens with zero attached hydrogens (tertiary/aromatic N) is 1. The van der Waals surface area contributed by atoms with Gasteiger partial charge < -0.3 is 10.2 Å². The molecule has 0 saturated heterocycles. The standard InChI is InChI=1S/C20H22ClFN2O2S/c1-14(20(26)23-2)24(11-16-4-3-5-17(21)10-16)19(25)13-27-12-15-6-8-18(22)9-7-15/h3-10,14H,11-13H2,1-2H3,(H,23,26)/t14-/m1/s1. The third kappa shape index (κ3) is 6.56. The molecule has 0 unspecified atom stereocenters. The molecule has 0 aliphatic heterocycles. The van der Waals surface area contributed by atoms with Crippen molar-refractivity contribution in [2.24, 2.45) is 0 Å². The van der Waals surface area contributed by atoms with Crippen LogP contribution in [-0.2, 0) is 21.9 Å². The van der Waals surface area contributed by atoms with Gasteiger partial charge in [-0.3, -0.25) is 9.59 Å². The van der Waals surface area contributed by atoms with E-state index in [1.807, 2.05) is 12.1 Å². The van der Waals surface area contributed by atoms with E-state index in [0.717, 1.165) is 11.1 Å². The summed E-state index contributed by atoms with van der Waals surface area (Å²) >= 11 is 7.45. The number of hydrogen-bond donors (Lipinski definition) is 1. The molecule has 0 spiro atoms. The second-order valence-corrected chi connectivity index (χ2v) is 7.48. The molecule has 0 bridgehead atoms. The van der Waals surface area contributed by atoms with Crippen LogP contribution in [-0.4, -0.2) is 35.6 Å². The molecule has 0 saturated carbocycles. The van der Waals surface area contributed by atoms with E-state index in [1.54, 1.807) is 43.1 Å². The number of hydrogen-bond acceptors (Lipinski definition) is 3. The molecule has 2 aromatic carbocycles. The normalized spacial score (nSPS) is 11.7. The molecule has 2 amide bonds. The molecule has 0 aromatic heterocycles. The molecular weight excluding hydrogens is 387 g/mol. The van der Waals surface area contributed by atoms with Crippen LogP contribution in [0.1, 0.15) is 18.1 Å². The van der Waals surface area contributed by atoms with Crippen molar-refractivity contribution in [3.63, 3.8) is 0 Å². The van der Waals surface area contributed by atoms with Gasteiger partial charge in [-0.25, -0.2) is 4.39 Å². The third-order valence-corrected chi connectivity index (χ3v) is 5.29. The predicted octanol–water partition coefficient (Wildman–Crippen LogP) is 3.88. The number of carbonyl (C=O) groups excluding carboxylic acids is 2. The first kappa shape index (κ1) is 21.3. The van der Waals surface area contributed by atoms with Crippen LogP contribution in [0, 0.1) is 5.82 Å². The zero-order chi connectivity index (χ0) is 19.8. The number of nitrogens with one attached hydrogen (secondary N) is 1. The molecule has 2 rings (SSSR count). The highest BCUT2D eigenvalue weighted by molar-refractivity contribution is 7.99. The lowest BCUT2D eigenvalue weighted by Crippen LogP contribution is -2.47. The second-order valence-electron chi connectivity index (χ2n) is 6.06. The van der Waals surface area contributed by atoms with Gasteiger partial charge in [0.15, 0.2) is 0 Å². The first-order chi connectivity index (χ1) is 12.9. The molecular formula is C20H22ClFN2O2S. The van der Waals surface area contributed by atoms with Crippen molar-refractivity contribution >= 4 is 35.2 Å². The summed E-state index contributed by atoms with van der Waals surface area (Å²) in [4.78, 5) is 26.4. The molecule has 0 fully saturated rings. The molecule has 1 N–H and O–H groups in total. The Morgan fingerprint density at radius 2 is 1.89 bits per heavy atom. The van der Waals surface area contributed by atoms with Gasteiger partial charge in [-0.1, -0.05) is 35.9 Å². The van der Waals surface area contributed by atoms with Crippen LogP contribution in [0.4, 0.5) is 4.39 Å². The number of carbonyl (C=O) groups is 2.